The first-order chi connectivity index (χ1) is 9.87. The number of aliphatic carboxylic acids is 1. The van der Waals surface area contributed by atoms with Crippen molar-refractivity contribution in [2.75, 3.05) is 11.5 Å². The maximum Gasteiger partial charge on any atom is 0.307 e. The molecule has 1 saturated heterocycles. The van der Waals surface area contributed by atoms with E-state index in [0.29, 0.717) is 12.0 Å². The Morgan fingerprint density at radius 1 is 1.24 bits per heavy atom. The molecule has 2 N–H and O–H groups in total. The quantitative estimate of drug-likeness (QED) is 0.818. The molecule has 0 bridgehead atoms. The Balaban J connectivity index is 1.97. The first-order valence-corrected chi connectivity index (χ1v) is 8.46. The van der Waals surface area contributed by atoms with Gasteiger partial charge in [0.25, 0.3) is 0 Å². The standard InChI is InChI=1S/C14H17NO5S/c16-13(17)7-10-3-1-2-4-11(10)8-15-14(18)12-5-6-21(19,20)9-12/h1-4,12H,5-9H2,(H,15,18)(H,16,17). The van der Waals surface area contributed by atoms with E-state index in [0.717, 1.165) is 5.56 Å². The molecule has 0 saturated carbocycles. The van der Waals surface area contributed by atoms with Crippen molar-refractivity contribution in [1.29, 1.82) is 0 Å². The Labute approximate surface area is 123 Å². The zero-order chi connectivity index (χ0) is 15.5. The van der Waals surface area contributed by atoms with Gasteiger partial charge in [-0.25, -0.2) is 8.42 Å². The highest BCUT2D eigenvalue weighted by molar-refractivity contribution is 7.91. The molecule has 1 heterocycles. The number of sulfone groups is 1. The van der Waals surface area contributed by atoms with Gasteiger partial charge in [-0.3, -0.25) is 9.59 Å². The minimum atomic E-state index is -3.09. The van der Waals surface area contributed by atoms with E-state index in [1.807, 2.05) is 0 Å². The summed E-state index contributed by atoms with van der Waals surface area (Å²) in [6.45, 7) is 0.207. The summed E-state index contributed by atoms with van der Waals surface area (Å²) in [6, 6.07) is 6.97. The van der Waals surface area contributed by atoms with Gasteiger partial charge in [-0.05, 0) is 17.5 Å². The van der Waals surface area contributed by atoms with E-state index in [1.165, 1.54) is 0 Å². The van der Waals surface area contributed by atoms with Gasteiger partial charge in [0, 0.05) is 6.54 Å². The van der Waals surface area contributed by atoms with Crippen LogP contribution in [0.25, 0.3) is 0 Å². The molecule has 1 amide bonds. The SMILES string of the molecule is O=C(O)Cc1ccccc1CNC(=O)C1CCS(=O)(=O)C1. The normalized spacial score (nSPS) is 20.1. The lowest BCUT2D eigenvalue weighted by molar-refractivity contribution is -0.136. The van der Waals surface area contributed by atoms with Gasteiger partial charge in [-0.15, -0.1) is 0 Å². The third kappa shape index (κ3) is 4.29. The van der Waals surface area contributed by atoms with Gasteiger partial charge in [0.2, 0.25) is 5.91 Å². The van der Waals surface area contributed by atoms with Gasteiger partial charge in [0.15, 0.2) is 9.84 Å². The van der Waals surface area contributed by atoms with E-state index in [1.54, 1.807) is 24.3 Å². The van der Waals surface area contributed by atoms with Crippen molar-refractivity contribution in [2.24, 2.45) is 5.92 Å². The highest BCUT2D eigenvalue weighted by atomic mass is 32.2. The zero-order valence-corrected chi connectivity index (χ0v) is 12.2. The van der Waals surface area contributed by atoms with E-state index in [9.17, 15) is 18.0 Å². The van der Waals surface area contributed by atoms with Crippen molar-refractivity contribution < 1.29 is 23.1 Å². The minimum absolute atomic E-state index is 0.0562. The zero-order valence-electron chi connectivity index (χ0n) is 11.4. The van der Waals surface area contributed by atoms with Crippen LogP contribution < -0.4 is 5.32 Å². The molecular formula is C14H17NO5S. The first-order valence-electron chi connectivity index (χ1n) is 6.64. The Hall–Kier alpha value is -1.89. The highest BCUT2D eigenvalue weighted by Crippen LogP contribution is 2.18. The third-order valence-corrected chi connectivity index (χ3v) is 5.28. The minimum Gasteiger partial charge on any atom is -0.481 e. The summed E-state index contributed by atoms with van der Waals surface area (Å²) in [5.74, 6) is -1.77. The number of carboxylic acid groups (broad SMARTS) is 1. The van der Waals surface area contributed by atoms with E-state index in [-0.39, 0.29) is 30.4 Å². The lowest BCUT2D eigenvalue weighted by Gasteiger charge is -2.12. The summed E-state index contributed by atoms with van der Waals surface area (Å²) in [4.78, 5) is 22.7. The number of carboxylic acids is 1. The number of carbonyl (C=O) groups is 2. The van der Waals surface area contributed by atoms with E-state index in [4.69, 9.17) is 5.11 Å². The van der Waals surface area contributed by atoms with Crippen LogP contribution >= 0.6 is 0 Å². The maximum absolute atomic E-state index is 11.9. The lowest BCUT2D eigenvalue weighted by Crippen LogP contribution is -2.31. The molecule has 1 aromatic carbocycles. The van der Waals surface area contributed by atoms with Gasteiger partial charge >= 0.3 is 5.97 Å². The molecule has 0 radical (unpaired) electrons. The Morgan fingerprint density at radius 2 is 1.90 bits per heavy atom. The Bertz CT molecular complexity index is 653. The van der Waals surface area contributed by atoms with Crippen molar-refractivity contribution in [2.45, 2.75) is 19.4 Å². The molecule has 1 aliphatic heterocycles. The molecule has 1 aromatic rings. The average Bonchev–Trinajstić information content (AvgIpc) is 2.77. The number of nitrogens with one attached hydrogen (secondary N) is 1. The molecule has 7 heteroatoms. The molecule has 0 aromatic heterocycles. The molecule has 0 aliphatic carbocycles. The fourth-order valence-electron chi connectivity index (χ4n) is 2.39. The second-order valence-corrected chi connectivity index (χ2v) is 7.39. The van der Waals surface area contributed by atoms with Gasteiger partial charge in [0.05, 0.1) is 23.8 Å². The van der Waals surface area contributed by atoms with Crippen LogP contribution in [-0.2, 0) is 32.4 Å². The summed E-state index contributed by atoms with van der Waals surface area (Å²) >= 11 is 0. The molecule has 1 unspecified atom stereocenters. The predicted octanol–water partition coefficient (Wildman–Crippen LogP) is 0.365. The number of hydrogen-bond acceptors (Lipinski definition) is 4. The summed E-state index contributed by atoms with van der Waals surface area (Å²) in [6.07, 6.45) is 0.245. The number of benzene rings is 1. The van der Waals surface area contributed by atoms with Gasteiger partial charge < -0.3 is 10.4 Å². The number of rotatable bonds is 5. The van der Waals surface area contributed by atoms with Crippen LogP contribution in [0.1, 0.15) is 17.5 Å². The van der Waals surface area contributed by atoms with Crippen LogP contribution in [0, 0.1) is 5.92 Å². The van der Waals surface area contributed by atoms with E-state index >= 15 is 0 Å². The molecule has 6 nitrogen and oxygen atoms in total. The van der Waals surface area contributed by atoms with Crippen LogP contribution in [0.4, 0.5) is 0 Å². The molecular weight excluding hydrogens is 294 g/mol. The molecule has 114 valence electrons. The number of hydrogen-bond donors (Lipinski definition) is 2. The maximum atomic E-state index is 11.9. The van der Waals surface area contributed by atoms with Crippen LogP contribution in [0.5, 0.6) is 0 Å². The van der Waals surface area contributed by atoms with Crippen LogP contribution in [0.15, 0.2) is 24.3 Å². The summed E-state index contributed by atoms with van der Waals surface area (Å²) in [5, 5.41) is 11.5. The third-order valence-electron chi connectivity index (χ3n) is 3.52. The second-order valence-electron chi connectivity index (χ2n) is 5.16. The second kappa shape index (κ2) is 6.26. The van der Waals surface area contributed by atoms with Gasteiger partial charge in [0.1, 0.15) is 0 Å². The van der Waals surface area contributed by atoms with Crippen molar-refractivity contribution >= 4 is 21.7 Å². The monoisotopic (exact) mass is 311 g/mol. The topological polar surface area (TPSA) is 101 Å². The summed E-state index contributed by atoms with van der Waals surface area (Å²) < 4.78 is 22.7. The van der Waals surface area contributed by atoms with Crippen LogP contribution in [-0.4, -0.2) is 36.9 Å². The van der Waals surface area contributed by atoms with Gasteiger partial charge in [-0.2, -0.15) is 0 Å². The Morgan fingerprint density at radius 3 is 2.48 bits per heavy atom. The predicted molar refractivity (Wildman–Crippen MR) is 76.4 cm³/mol. The Kier molecular flexibility index (Phi) is 4.62. The van der Waals surface area contributed by atoms with Crippen molar-refractivity contribution in [3.63, 3.8) is 0 Å². The largest absolute Gasteiger partial charge is 0.481 e. The smallest absolute Gasteiger partial charge is 0.307 e. The highest BCUT2D eigenvalue weighted by Gasteiger charge is 2.32. The molecule has 1 aliphatic rings. The number of carbonyl (C=O) groups excluding carboxylic acids is 1. The molecule has 0 spiro atoms. The molecule has 21 heavy (non-hydrogen) atoms. The fraction of sp³-hybridized carbons (Fsp3) is 0.429. The van der Waals surface area contributed by atoms with Crippen molar-refractivity contribution in [1.82, 2.24) is 5.32 Å². The fourth-order valence-corrected chi connectivity index (χ4v) is 4.14. The summed E-state index contributed by atoms with van der Waals surface area (Å²) in [5.41, 5.74) is 1.37. The summed E-state index contributed by atoms with van der Waals surface area (Å²) in [7, 11) is -3.09. The van der Waals surface area contributed by atoms with E-state index < -0.39 is 21.7 Å². The van der Waals surface area contributed by atoms with Crippen molar-refractivity contribution in [3.8, 4) is 0 Å². The van der Waals surface area contributed by atoms with E-state index in [2.05, 4.69) is 5.32 Å². The first kappa shape index (κ1) is 15.5. The van der Waals surface area contributed by atoms with Crippen LogP contribution in [0.2, 0.25) is 0 Å². The van der Waals surface area contributed by atoms with Crippen LogP contribution in [0.3, 0.4) is 0 Å². The molecule has 1 atom stereocenters. The molecule has 1 fully saturated rings. The van der Waals surface area contributed by atoms with Crippen molar-refractivity contribution in [3.05, 3.63) is 35.4 Å². The average molecular weight is 311 g/mol. The number of amides is 1. The molecule has 2 rings (SSSR count). The lowest BCUT2D eigenvalue weighted by atomic mass is 10.0. The van der Waals surface area contributed by atoms with Gasteiger partial charge in [-0.1, -0.05) is 24.3 Å².